The number of anilines is 1. The van der Waals surface area contributed by atoms with Crippen LogP contribution >= 0.6 is 0 Å². The van der Waals surface area contributed by atoms with Crippen LogP contribution in [0.2, 0.25) is 0 Å². The van der Waals surface area contributed by atoms with Gasteiger partial charge in [0.25, 0.3) is 0 Å². The first-order valence-corrected chi connectivity index (χ1v) is 7.24. The molecule has 0 atom stereocenters. The van der Waals surface area contributed by atoms with Crippen LogP contribution in [0.5, 0.6) is 11.6 Å². The van der Waals surface area contributed by atoms with Gasteiger partial charge in [-0.25, -0.2) is 4.98 Å². The number of nitrogens with one attached hydrogen (secondary N) is 1. The van der Waals surface area contributed by atoms with Gasteiger partial charge in [-0.1, -0.05) is 48.5 Å². The second-order valence-electron chi connectivity index (χ2n) is 4.89. The van der Waals surface area contributed by atoms with Gasteiger partial charge in [-0.3, -0.25) is 10.1 Å². The van der Waals surface area contributed by atoms with E-state index in [1.807, 2.05) is 36.4 Å². The van der Waals surface area contributed by atoms with E-state index in [4.69, 9.17) is 4.74 Å². The first kappa shape index (κ1) is 15.4. The van der Waals surface area contributed by atoms with Crippen molar-refractivity contribution in [3.8, 4) is 11.6 Å². The number of rotatable bonds is 6. The largest absolute Gasteiger partial charge is 0.434 e. The molecular formula is C17H14N4O3. The third-order valence-corrected chi connectivity index (χ3v) is 3.23. The van der Waals surface area contributed by atoms with Crippen molar-refractivity contribution in [3.05, 3.63) is 82.7 Å². The lowest BCUT2D eigenvalue weighted by atomic mass is 10.2. The Morgan fingerprint density at radius 3 is 2.33 bits per heavy atom. The van der Waals surface area contributed by atoms with Gasteiger partial charge in [0, 0.05) is 6.54 Å². The number of para-hydroxylation sites is 1. The Balaban J connectivity index is 1.86. The average Bonchev–Trinajstić information content (AvgIpc) is 2.61. The van der Waals surface area contributed by atoms with E-state index in [-0.39, 0.29) is 17.4 Å². The Bertz CT molecular complexity index is 826. The number of aromatic nitrogens is 2. The molecule has 1 N–H and O–H groups in total. The van der Waals surface area contributed by atoms with Crippen LogP contribution in [-0.2, 0) is 6.54 Å². The van der Waals surface area contributed by atoms with E-state index < -0.39 is 4.92 Å². The third-order valence-electron chi connectivity index (χ3n) is 3.23. The maximum Gasteiger partial charge on any atom is 0.373 e. The fourth-order valence-electron chi connectivity index (χ4n) is 2.11. The van der Waals surface area contributed by atoms with Gasteiger partial charge in [0.2, 0.25) is 5.82 Å². The summed E-state index contributed by atoms with van der Waals surface area (Å²) < 4.78 is 5.53. The molecule has 3 rings (SSSR count). The summed E-state index contributed by atoms with van der Waals surface area (Å²) in [5.41, 5.74) is 0.688. The van der Waals surface area contributed by atoms with Gasteiger partial charge in [-0.15, -0.1) is 0 Å². The summed E-state index contributed by atoms with van der Waals surface area (Å²) in [4.78, 5) is 18.8. The summed E-state index contributed by atoms with van der Waals surface area (Å²) in [6.45, 7) is 0.406. The minimum absolute atomic E-state index is 0.100. The maximum absolute atomic E-state index is 11.4. The zero-order valence-electron chi connectivity index (χ0n) is 12.6. The molecule has 0 saturated carbocycles. The van der Waals surface area contributed by atoms with Crippen LogP contribution in [0.1, 0.15) is 5.56 Å². The van der Waals surface area contributed by atoms with E-state index in [1.165, 1.54) is 6.33 Å². The van der Waals surface area contributed by atoms with Crippen LogP contribution in [0.25, 0.3) is 0 Å². The SMILES string of the molecule is O=[N+]([O-])c1c(NCc2ccccc2)ncnc1Oc1ccccc1. The standard InChI is InChI=1S/C17H14N4O3/c22-21(23)15-16(18-11-13-7-3-1-4-8-13)19-12-20-17(15)24-14-9-5-2-6-10-14/h1-10,12H,11H2,(H,18,19,20). The van der Waals surface area contributed by atoms with Crippen molar-refractivity contribution < 1.29 is 9.66 Å². The molecule has 7 nitrogen and oxygen atoms in total. The molecule has 0 aliphatic rings. The van der Waals surface area contributed by atoms with Crippen LogP contribution in [0.4, 0.5) is 11.5 Å². The van der Waals surface area contributed by atoms with E-state index in [0.717, 1.165) is 5.56 Å². The van der Waals surface area contributed by atoms with E-state index in [9.17, 15) is 10.1 Å². The molecule has 1 aromatic heterocycles. The Hall–Kier alpha value is -3.48. The fraction of sp³-hybridized carbons (Fsp3) is 0.0588. The molecule has 0 aliphatic carbocycles. The molecule has 2 aromatic carbocycles. The highest BCUT2D eigenvalue weighted by Gasteiger charge is 2.24. The van der Waals surface area contributed by atoms with Crippen LogP contribution in [0.3, 0.4) is 0 Å². The molecule has 0 fully saturated rings. The average molecular weight is 322 g/mol. The molecule has 0 aliphatic heterocycles. The first-order valence-electron chi connectivity index (χ1n) is 7.24. The lowest BCUT2D eigenvalue weighted by molar-refractivity contribution is -0.385. The van der Waals surface area contributed by atoms with Gasteiger partial charge in [0.15, 0.2) is 0 Å². The predicted octanol–water partition coefficient (Wildman–Crippen LogP) is 3.79. The lowest BCUT2D eigenvalue weighted by Gasteiger charge is -2.09. The van der Waals surface area contributed by atoms with Gasteiger partial charge in [0.05, 0.1) is 4.92 Å². The highest BCUT2D eigenvalue weighted by molar-refractivity contribution is 5.61. The van der Waals surface area contributed by atoms with Gasteiger partial charge in [-0.2, -0.15) is 4.98 Å². The molecule has 0 spiro atoms. The quantitative estimate of drug-likeness (QED) is 0.548. The topological polar surface area (TPSA) is 90.2 Å². The second-order valence-corrected chi connectivity index (χ2v) is 4.89. The van der Waals surface area contributed by atoms with E-state index >= 15 is 0 Å². The molecule has 120 valence electrons. The monoisotopic (exact) mass is 322 g/mol. The molecule has 0 unspecified atom stereocenters. The summed E-state index contributed by atoms with van der Waals surface area (Å²) in [6, 6.07) is 18.3. The van der Waals surface area contributed by atoms with E-state index in [0.29, 0.717) is 12.3 Å². The van der Waals surface area contributed by atoms with Crippen molar-refractivity contribution in [3.63, 3.8) is 0 Å². The fourth-order valence-corrected chi connectivity index (χ4v) is 2.11. The molecule has 7 heteroatoms. The van der Waals surface area contributed by atoms with Crippen molar-refractivity contribution in [2.75, 3.05) is 5.32 Å². The third kappa shape index (κ3) is 3.64. The molecule has 0 bridgehead atoms. The van der Waals surface area contributed by atoms with Crippen LogP contribution in [0, 0.1) is 10.1 Å². The van der Waals surface area contributed by atoms with Gasteiger partial charge in [0.1, 0.15) is 12.1 Å². The van der Waals surface area contributed by atoms with Crippen molar-refractivity contribution >= 4 is 11.5 Å². The number of ether oxygens (including phenoxy) is 1. The van der Waals surface area contributed by atoms with Crippen molar-refractivity contribution in [2.45, 2.75) is 6.54 Å². The van der Waals surface area contributed by atoms with Crippen molar-refractivity contribution in [1.82, 2.24) is 9.97 Å². The first-order chi connectivity index (χ1) is 11.7. The molecule has 0 saturated heterocycles. The predicted molar refractivity (Wildman–Crippen MR) is 89.0 cm³/mol. The Morgan fingerprint density at radius 1 is 1.00 bits per heavy atom. The zero-order valence-corrected chi connectivity index (χ0v) is 12.6. The molecule has 24 heavy (non-hydrogen) atoms. The van der Waals surface area contributed by atoms with Crippen LogP contribution in [0.15, 0.2) is 67.0 Å². The number of benzene rings is 2. The second kappa shape index (κ2) is 7.19. The summed E-state index contributed by atoms with van der Waals surface area (Å²) in [5.74, 6) is 0.481. The normalized spacial score (nSPS) is 10.2. The van der Waals surface area contributed by atoms with Gasteiger partial charge < -0.3 is 10.1 Å². The summed E-state index contributed by atoms with van der Waals surface area (Å²) in [6.07, 6.45) is 1.23. The smallest absolute Gasteiger partial charge is 0.373 e. The highest BCUT2D eigenvalue weighted by Crippen LogP contribution is 2.33. The molecule has 1 heterocycles. The minimum atomic E-state index is -0.550. The Morgan fingerprint density at radius 2 is 1.67 bits per heavy atom. The lowest BCUT2D eigenvalue weighted by Crippen LogP contribution is -2.06. The number of hydrogen-bond donors (Lipinski definition) is 1. The van der Waals surface area contributed by atoms with Crippen LogP contribution in [-0.4, -0.2) is 14.9 Å². The Kier molecular flexibility index (Phi) is 4.62. The zero-order chi connectivity index (χ0) is 16.8. The van der Waals surface area contributed by atoms with Crippen molar-refractivity contribution in [1.29, 1.82) is 0 Å². The molecule has 0 radical (unpaired) electrons. The van der Waals surface area contributed by atoms with E-state index in [1.54, 1.807) is 24.3 Å². The van der Waals surface area contributed by atoms with E-state index in [2.05, 4.69) is 15.3 Å². The summed E-state index contributed by atoms with van der Waals surface area (Å²) >= 11 is 0. The van der Waals surface area contributed by atoms with Crippen LogP contribution < -0.4 is 10.1 Å². The Labute approximate surface area is 138 Å². The van der Waals surface area contributed by atoms with Gasteiger partial charge in [-0.05, 0) is 17.7 Å². The minimum Gasteiger partial charge on any atom is -0.434 e. The highest BCUT2D eigenvalue weighted by atomic mass is 16.6. The molecule has 3 aromatic rings. The molecule has 0 amide bonds. The summed E-state index contributed by atoms with van der Waals surface area (Å²) in [7, 11) is 0. The molecular weight excluding hydrogens is 308 g/mol. The number of nitro groups is 1. The van der Waals surface area contributed by atoms with Gasteiger partial charge >= 0.3 is 11.6 Å². The number of nitrogens with zero attached hydrogens (tertiary/aromatic N) is 3. The maximum atomic E-state index is 11.4. The van der Waals surface area contributed by atoms with Crippen molar-refractivity contribution in [2.24, 2.45) is 0 Å². The summed E-state index contributed by atoms with van der Waals surface area (Å²) in [5, 5.41) is 14.4. The number of hydrogen-bond acceptors (Lipinski definition) is 6.